The highest BCUT2D eigenvalue weighted by Gasteiger charge is 2.31. The van der Waals surface area contributed by atoms with Crippen LogP contribution in [0.15, 0.2) is 24.3 Å². The van der Waals surface area contributed by atoms with Crippen LogP contribution in [0.2, 0.25) is 0 Å². The molecule has 1 atom stereocenters. The third-order valence-corrected chi connectivity index (χ3v) is 4.85. The quantitative estimate of drug-likeness (QED) is 0.919. The van der Waals surface area contributed by atoms with Crippen LogP contribution >= 0.6 is 12.4 Å². The normalized spacial score (nSPS) is 25.8. The average molecular weight is 326 g/mol. The molecular weight excluding hydrogens is 298 g/mol. The lowest BCUT2D eigenvalue weighted by Gasteiger charge is -2.39. The molecule has 5 heteroatoms. The zero-order valence-electron chi connectivity index (χ0n) is 13.7. The van der Waals surface area contributed by atoms with Gasteiger partial charge in [-0.15, -0.1) is 12.4 Å². The van der Waals surface area contributed by atoms with E-state index in [1.54, 1.807) is 7.11 Å². The molecule has 0 amide bonds. The molecule has 0 saturated carbocycles. The number of nitrogens with zero attached hydrogens (tertiary/aromatic N) is 2. The lowest BCUT2D eigenvalue weighted by molar-refractivity contribution is 0.169. The lowest BCUT2D eigenvalue weighted by Crippen LogP contribution is -2.49. The summed E-state index contributed by atoms with van der Waals surface area (Å²) in [5.41, 5.74) is 1.75. The molecule has 1 N–H and O–H groups in total. The van der Waals surface area contributed by atoms with E-state index in [0.29, 0.717) is 5.41 Å². The number of nitrogens with one attached hydrogen (secondary N) is 1. The van der Waals surface area contributed by atoms with Crippen LogP contribution in [0.3, 0.4) is 0 Å². The number of hydrogen-bond donors (Lipinski definition) is 1. The number of rotatable bonds is 4. The molecule has 3 rings (SSSR count). The molecular formula is C17H28ClN3O. The molecule has 1 unspecified atom stereocenters. The zero-order valence-corrected chi connectivity index (χ0v) is 14.5. The molecule has 1 aromatic carbocycles. The van der Waals surface area contributed by atoms with Gasteiger partial charge in [0.25, 0.3) is 0 Å². The van der Waals surface area contributed by atoms with E-state index in [0.717, 1.165) is 31.9 Å². The van der Waals surface area contributed by atoms with Gasteiger partial charge in [0.15, 0.2) is 0 Å². The standard InChI is InChI=1S/C17H27N3O.ClH/c1-17(6-7-18-13-17)14-19-8-10-20(11-9-19)15-4-3-5-16(12-15)21-2;/h3-5,12,18H,6-11,13-14H2,1-2H3;1H. The van der Waals surface area contributed by atoms with Gasteiger partial charge in [0.2, 0.25) is 0 Å². The molecule has 0 radical (unpaired) electrons. The molecule has 124 valence electrons. The average Bonchev–Trinajstić information content (AvgIpc) is 2.94. The third kappa shape index (κ3) is 4.06. The summed E-state index contributed by atoms with van der Waals surface area (Å²) in [6.07, 6.45) is 1.31. The molecule has 2 saturated heterocycles. The smallest absolute Gasteiger partial charge is 0.120 e. The van der Waals surface area contributed by atoms with Crippen molar-refractivity contribution in [2.75, 3.05) is 57.8 Å². The number of anilines is 1. The zero-order chi connectivity index (χ0) is 14.7. The molecule has 4 nitrogen and oxygen atoms in total. The second-order valence-corrected chi connectivity index (χ2v) is 6.70. The van der Waals surface area contributed by atoms with E-state index in [1.165, 1.54) is 31.7 Å². The maximum Gasteiger partial charge on any atom is 0.120 e. The van der Waals surface area contributed by atoms with Crippen molar-refractivity contribution < 1.29 is 4.74 Å². The minimum absolute atomic E-state index is 0. The van der Waals surface area contributed by atoms with Crippen LogP contribution in [0.1, 0.15) is 13.3 Å². The molecule has 0 aliphatic carbocycles. The Bertz CT molecular complexity index is 469. The molecule has 2 aliphatic rings. The lowest BCUT2D eigenvalue weighted by atomic mass is 9.89. The van der Waals surface area contributed by atoms with Crippen LogP contribution < -0.4 is 15.0 Å². The SMILES string of the molecule is COc1cccc(N2CCN(CC3(C)CCNC3)CC2)c1.Cl. The van der Waals surface area contributed by atoms with Gasteiger partial charge in [0, 0.05) is 51.0 Å². The Balaban J connectivity index is 0.00000176. The number of piperazine rings is 1. The van der Waals surface area contributed by atoms with Gasteiger partial charge in [0.05, 0.1) is 7.11 Å². The summed E-state index contributed by atoms with van der Waals surface area (Å²) in [5, 5.41) is 3.50. The molecule has 0 bridgehead atoms. The minimum atomic E-state index is 0. The summed E-state index contributed by atoms with van der Waals surface area (Å²) in [5.74, 6) is 0.944. The molecule has 2 aliphatic heterocycles. The van der Waals surface area contributed by atoms with E-state index in [1.807, 2.05) is 6.07 Å². The van der Waals surface area contributed by atoms with Gasteiger partial charge in [-0.1, -0.05) is 13.0 Å². The second kappa shape index (κ2) is 7.53. The first kappa shape index (κ1) is 17.4. The Kier molecular flexibility index (Phi) is 5.95. The van der Waals surface area contributed by atoms with Crippen LogP contribution in [0, 0.1) is 5.41 Å². The Morgan fingerprint density at radius 3 is 2.64 bits per heavy atom. The number of hydrogen-bond acceptors (Lipinski definition) is 4. The van der Waals surface area contributed by atoms with Crippen LogP contribution in [-0.4, -0.2) is 57.8 Å². The van der Waals surface area contributed by atoms with Gasteiger partial charge in [-0.25, -0.2) is 0 Å². The molecule has 1 aromatic rings. The van der Waals surface area contributed by atoms with E-state index in [9.17, 15) is 0 Å². The first-order valence-electron chi connectivity index (χ1n) is 8.01. The maximum absolute atomic E-state index is 5.32. The van der Waals surface area contributed by atoms with Crippen molar-refractivity contribution in [2.45, 2.75) is 13.3 Å². The van der Waals surface area contributed by atoms with Crippen LogP contribution in [0.25, 0.3) is 0 Å². The minimum Gasteiger partial charge on any atom is -0.497 e. The first-order chi connectivity index (χ1) is 10.2. The van der Waals surface area contributed by atoms with Gasteiger partial charge in [-0.05, 0) is 30.5 Å². The van der Waals surface area contributed by atoms with Crippen molar-refractivity contribution in [1.29, 1.82) is 0 Å². The van der Waals surface area contributed by atoms with Gasteiger partial charge < -0.3 is 15.0 Å². The predicted molar refractivity (Wildman–Crippen MR) is 94.5 cm³/mol. The van der Waals surface area contributed by atoms with Crippen molar-refractivity contribution >= 4 is 18.1 Å². The van der Waals surface area contributed by atoms with E-state index in [2.05, 4.69) is 40.2 Å². The molecule has 2 fully saturated rings. The summed E-state index contributed by atoms with van der Waals surface area (Å²) in [7, 11) is 1.73. The van der Waals surface area contributed by atoms with E-state index >= 15 is 0 Å². The summed E-state index contributed by atoms with van der Waals surface area (Å²) in [4.78, 5) is 5.10. The second-order valence-electron chi connectivity index (χ2n) is 6.70. The fraction of sp³-hybridized carbons (Fsp3) is 0.647. The predicted octanol–water partition coefficient (Wildman–Crippen LogP) is 2.24. The van der Waals surface area contributed by atoms with Crippen LogP contribution in [-0.2, 0) is 0 Å². The highest BCUT2D eigenvalue weighted by molar-refractivity contribution is 5.85. The third-order valence-electron chi connectivity index (χ3n) is 4.85. The Hall–Kier alpha value is -0.970. The van der Waals surface area contributed by atoms with E-state index in [4.69, 9.17) is 4.74 Å². The van der Waals surface area contributed by atoms with Gasteiger partial charge in [0.1, 0.15) is 5.75 Å². The first-order valence-corrected chi connectivity index (χ1v) is 8.01. The van der Waals surface area contributed by atoms with Crippen LogP contribution in [0.5, 0.6) is 5.75 Å². The highest BCUT2D eigenvalue weighted by atomic mass is 35.5. The summed E-state index contributed by atoms with van der Waals surface area (Å²) >= 11 is 0. The number of benzene rings is 1. The summed E-state index contributed by atoms with van der Waals surface area (Å²) in [6.45, 7) is 10.5. The number of methoxy groups -OCH3 is 1. The van der Waals surface area contributed by atoms with Crippen molar-refractivity contribution in [3.63, 3.8) is 0 Å². The van der Waals surface area contributed by atoms with Gasteiger partial charge >= 0.3 is 0 Å². The number of ether oxygens (including phenoxy) is 1. The molecule has 2 heterocycles. The van der Waals surface area contributed by atoms with Crippen molar-refractivity contribution in [3.8, 4) is 5.75 Å². The largest absolute Gasteiger partial charge is 0.497 e. The topological polar surface area (TPSA) is 27.7 Å². The van der Waals surface area contributed by atoms with Crippen molar-refractivity contribution in [1.82, 2.24) is 10.2 Å². The highest BCUT2D eigenvalue weighted by Crippen LogP contribution is 2.27. The Morgan fingerprint density at radius 1 is 1.23 bits per heavy atom. The van der Waals surface area contributed by atoms with E-state index < -0.39 is 0 Å². The van der Waals surface area contributed by atoms with Crippen molar-refractivity contribution in [2.24, 2.45) is 5.41 Å². The Morgan fingerprint density at radius 2 is 2.00 bits per heavy atom. The van der Waals surface area contributed by atoms with Gasteiger partial charge in [-0.2, -0.15) is 0 Å². The maximum atomic E-state index is 5.32. The van der Waals surface area contributed by atoms with Gasteiger partial charge in [-0.3, -0.25) is 4.90 Å². The molecule has 0 aromatic heterocycles. The van der Waals surface area contributed by atoms with E-state index in [-0.39, 0.29) is 12.4 Å². The molecule has 0 spiro atoms. The van der Waals surface area contributed by atoms with Crippen molar-refractivity contribution in [3.05, 3.63) is 24.3 Å². The summed E-state index contributed by atoms with van der Waals surface area (Å²) < 4.78 is 5.32. The fourth-order valence-electron chi connectivity index (χ4n) is 3.51. The molecule has 22 heavy (non-hydrogen) atoms. The monoisotopic (exact) mass is 325 g/mol. The van der Waals surface area contributed by atoms with Crippen LogP contribution in [0.4, 0.5) is 5.69 Å². The fourth-order valence-corrected chi connectivity index (χ4v) is 3.51. The number of halogens is 1. The Labute approximate surface area is 140 Å². The summed E-state index contributed by atoms with van der Waals surface area (Å²) in [6, 6.07) is 8.40.